The van der Waals surface area contributed by atoms with Crippen LogP contribution >= 0.6 is 12.2 Å². The largest absolute Gasteiger partial charge is 0.497 e. The van der Waals surface area contributed by atoms with E-state index < -0.39 is 0 Å². The van der Waals surface area contributed by atoms with Crippen molar-refractivity contribution in [3.05, 3.63) is 77.4 Å². The van der Waals surface area contributed by atoms with E-state index in [1.165, 1.54) is 29.8 Å². The van der Waals surface area contributed by atoms with Crippen LogP contribution in [0.4, 0.5) is 5.69 Å². The molecule has 2 fully saturated rings. The van der Waals surface area contributed by atoms with Gasteiger partial charge in [-0.05, 0) is 86.9 Å². The molecule has 2 aliphatic rings. The lowest BCUT2D eigenvalue weighted by Crippen LogP contribution is -2.29. The van der Waals surface area contributed by atoms with E-state index in [1.54, 1.807) is 7.11 Å². The molecular formula is C24H26N4OS. The number of thiocarbonyl (C=S) groups is 1. The van der Waals surface area contributed by atoms with Gasteiger partial charge >= 0.3 is 0 Å². The molecular weight excluding hydrogens is 392 g/mol. The van der Waals surface area contributed by atoms with E-state index in [1.807, 2.05) is 30.5 Å². The fourth-order valence-electron chi connectivity index (χ4n) is 4.69. The molecule has 0 bridgehead atoms. The summed E-state index contributed by atoms with van der Waals surface area (Å²) in [5.41, 5.74) is 5.99. The molecule has 1 aliphatic carbocycles. The van der Waals surface area contributed by atoms with Gasteiger partial charge in [0, 0.05) is 29.3 Å². The highest BCUT2D eigenvalue weighted by Crippen LogP contribution is 2.46. The first-order chi connectivity index (χ1) is 14.6. The van der Waals surface area contributed by atoms with Crippen molar-refractivity contribution >= 4 is 23.0 Å². The molecule has 1 N–H and O–H groups in total. The van der Waals surface area contributed by atoms with Crippen LogP contribution in [0.25, 0.3) is 0 Å². The molecule has 0 radical (unpaired) electrons. The number of hydrogen-bond acceptors (Lipinski definition) is 3. The Hall–Kier alpha value is -2.86. The van der Waals surface area contributed by atoms with Gasteiger partial charge in [0.15, 0.2) is 5.11 Å². The molecule has 5 nitrogen and oxygen atoms in total. The Labute approximate surface area is 182 Å². The van der Waals surface area contributed by atoms with Crippen molar-refractivity contribution in [1.29, 1.82) is 0 Å². The van der Waals surface area contributed by atoms with E-state index in [0.29, 0.717) is 6.04 Å². The SMILES string of the molecule is COc1ccc(N2C(=S)N[C@H](c3ccccn3)[C@H]2c2cc(C)n(C3CC3)c2C)cc1. The molecule has 0 spiro atoms. The molecule has 0 amide bonds. The highest BCUT2D eigenvalue weighted by molar-refractivity contribution is 7.80. The summed E-state index contributed by atoms with van der Waals surface area (Å²) in [4.78, 5) is 6.89. The van der Waals surface area contributed by atoms with E-state index in [4.69, 9.17) is 17.0 Å². The van der Waals surface area contributed by atoms with Gasteiger partial charge in [-0.2, -0.15) is 0 Å². The topological polar surface area (TPSA) is 42.3 Å². The van der Waals surface area contributed by atoms with Crippen molar-refractivity contribution in [1.82, 2.24) is 14.9 Å². The highest BCUT2D eigenvalue weighted by atomic mass is 32.1. The van der Waals surface area contributed by atoms with Gasteiger partial charge in [0.1, 0.15) is 5.75 Å². The van der Waals surface area contributed by atoms with Crippen molar-refractivity contribution in [2.24, 2.45) is 0 Å². The predicted octanol–water partition coefficient (Wildman–Crippen LogP) is 5.02. The summed E-state index contributed by atoms with van der Waals surface area (Å²) in [7, 11) is 1.68. The minimum absolute atomic E-state index is 0.0195. The van der Waals surface area contributed by atoms with E-state index in [2.05, 4.69) is 57.9 Å². The smallest absolute Gasteiger partial charge is 0.174 e. The minimum atomic E-state index is -0.0195. The van der Waals surface area contributed by atoms with Gasteiger partial charge in [-0.1, -0.05) is 6.07 Å². The number of aromatic nitrogens is 2. The lowest BCUT2D eigenvalue weighted by molar-refractivity contribution is 0.415. The Bertz CT molecular complexity index is 1070. The first-order valence-electron chi connectivity index (χ1n) is 10.4. The van der Waals surface area contributed by atoms with E-state index >= 15 is 0 Å². The van der Waals surface area contributed by atoms with Gasteiger partial charge < -0.3 is 19.5 Å². The molecule has 0 unspecified atom stereocenters. The first-order valence-corrected chi connectivity index (χ1v) is 10.8. The second-order valence-electron chi connectivity index (χ2n) is 8.12. The summed E-state index contributed by atoms with van der Waals surface area (Å²) in [6, 6.07) is 17.1. The number of methoxy groups -OCH3 is 1. The fourth-order valence-corrected chi connectivity index (χ4v) is 5.03. The van der Waals surface area contributed by atoms with Crippen molar-refractivity contribution in [3.8, 4) is 5.75 Å². The molecule has 1 aromatic carbocycles. The third kappa shape index (κ3) is 3.16. The fraction of sp³-hybridized carbons (Fsp3) is 0.333. The Morgan fingerprint density at radius 2 is 1.87 bits per heavy atom. The number of aryl methyl sites for hydroxylation is 1. The van der Waals surface area contributed by atoms with Gasteiger partial charge in [-0.25, -0.2) is 0 Å². The van der Waals surface area contributed by atoms with Crippen LogP contribution in [0.1, 0.15) is 53.6 Å². The highest BCUT2D eigenvalue weighted by Gasteiger charge is 2.42. The average Bonchev–Trinajstić information content (AvgIpc) is 3.48. The Morgan fingerprint density at radius 3 is 2.50 bits per heavy atom. The Morgan fingerprint density at radius 1 is 1.10 bits per heavy atom. The molecule has 3 aromatic rings. The van der Waals surface area contributed by atoms with E-state index in [-0.39, 0.29) is 12.1 Å². The monoisotopic (exact) mass is 418 g/mol. The molecule has 6 heteroatoms. The standard InChI is InChI=1S/C24H26N4OS/c1-15-14-20(16(2)27(15)17-7-8-17)23-22(21-6-4-5-13-25-21)26-24(30)28(23)18-9-11-19(29-3)12-10-18/h4-6,9-14,17,22-23H,7-8H2,1-3H3,(H,26,30)/t22-,23-/m1/s1. The molecule has 3 heterocycles. The first kappa shape index (κ1) is 19.1. The van der Waals surface area contributed by atoms with Crippen molar-refractivity contribution in [2.75, 3.05) is 12.0 Å². The number of nitrogens with one attached hydrogen (secondary N) is 1. The van der Waals surface area contributed by atoms with Gasteiger partial charge in [-0.15, -0.1) is 0 Å². The molecule has 30 heavy (non-hydrogen) atoms. The summed E-state index contributed by atoms with van der Waals surface area (Å²) in [5, 5.41) is 4.27. The van der Waals surface area contributed by atoms with Gasteiger partial charge in [0.2, 0.25) is 0 Å². The number of hydrogen-bond donors (Lipinski definition) is 1. The molecule has 2 aromatic heterocycles. The van der Waals surface area contributed by atoms with Gasteiger partial charge in [0.25, 0.3) is 0 Å². The summed E-state index contributed by atoms with van der Waals surface area (Å²) in [5.74, 6) is 0.835. The minimum Gasteiger partial charge on any atom is -0.497 e. The van der Waals surface area contributed by atoms with Crippen molar-refractivity contribution < 1.29 is 4.74 Å². The van der Waals surface area contributed by atoms with Crippen LogP contribution in [0.2, 0.25) is 0 Å². The summed E-state index contributed by atoms with van der Waals surface area (Å²) < 4.78 is 7.85. The maximum absolute atomic E-state index is 5.83. The number of pyridine rings is 1. The third-order valence-electron chi connectivity index (χ3n) is 6.20. The second-order valence-corrected chi connectivity index (χ2v) is 8.51. The molecule has 2 atom stereocenters. The summed E-state index contributed by atoms with van der Waals surface area (Å²) in [6.45, 7) is 4.45. The lowest BCUT2D eigenvalue weighted by atomic mass is 9.96. The number of ether oxygens (including phenoxy) is 1. The second kappa shape index (κ2) is 7.43. The lowest BCUT2D eigenvalue weighted by Gasteiger charge is -2.28. The average molecular weight is 419 g/mol. The maximum Gasteiger partial charge on any atom is 0.174 e. The van der Waals surface area contributed by atoms with Crippen LogP contribution in [-0.2, 0) is 0 Å². The molecule has 154 valence electrons. The zero-order chi connectivity index (χ0) is 20.8. The van der Waals surface area contributed by atoms with Gasteiger partial charge in [0.05, 0.1) is 24.9 Å². The van der Waals surface area contributed by atoms with Crippen LogP contribution in [0.5, 0.6) is 5.75 Å². The molecule has 1 saturated heterocycles. The summed E-state index contributed by atoms with van der Waals surface area (Å²) >= 11 is 5.83. The van der Waals surface area contributed by atoms with Gasteiger partial charge in [-0.3, -0.25) is 4.98 Å². The van der Waals surface area contributed by atoms with Crippen molar-refractivity contribution in [3.63, 3.8) is 0 Å². The Kier molecular flexibility index (Phi) is 4.74. The normalized spacial score (nSPS) is 21.0. The zero-order valence-electron chi connectivity index (χ0n) is 17.5. The van der Waals surface area contributed by atoms with Crippen LogP contribution in [0.3, 0.4) is 0 Å². The van der Waals surface area contributed by atoms with Crippen LogP contribution in [0, 0.1) is 13.8 Å². The number of anilines is 1. The number of rotatable bonds is 5. The van der Waals surface area contributed by atoms with Crippen LogP contribution in [0.15, 0.2) is 54.7 Å². The molecule has 1 aliphatic heterocycles. The zero-order valence-corrected chi connectivity index (χ0v) is 18.3. The van der Waals surface area contributed by atoms with Crippen LogP contribution in [-0.4, -0.2) is 21.8 Å². The predicted molar refractivity (Wildman–Crippen MR) is 123 cm³/mol. The van der Waals surface area contributed by atoms with Crippen LogP contribution < -0.4 is 15.0 Å². The van der Waals surface area contributed by atoms with E-state index in [9.17, 15) is 0 Å². The Balaban J connectivity index is 1.64. The number of nitrogens with zero attached hydrogens (tertiary/aromatic N) is 3. The maximum atomic E-state index is 5.83. The quantitative estimate of drug-likeness (QED) is 0.589. The van der Waals surface area contributed by atoms with E-state index in [0.717, 1.165) is 22.2 Å². The third-order valence-corrected chi connectivity index (χ3v) is 6.52. The molecule has 5 rings (SSSR count). The summed E-state index contributed by atoms with van der Waals surface area (Å²) in [6.07, 6.45) is 4.38. The molecule has 1 saturated carbocycles. The number of benzene rings is 1. The van der Waals surface area contributed by atoms with Crippen molar-refractivity contribution in [2.45, 2.75) is 44.8 Å².